The lowest BCUT2D eigenvalue weighted by atomic mass is 10.2. The van der Waals surface area contributed by atoms with Crippen molar-refractivity contribution in [1.29, 1.82) is 0 Å². The molecule has 1 aromatic carbocycles. The molecule has 0 unspecified atom stereocenters. The van der Waals surface area contributed by atoms with Gasteiger partial charge < -0.3 is 20.1 Å². The maximum absolute atomic E-state index is 10.7. The van der Waals surface area contributed by atoms with Crippen LogP contribution in [0.1, 0.15) is 40.0 Å². The van der Waals surface area contributed by atoms with Crippen LogP contribution >= 0.6 is 23.2 Å². The summed E-state index contributed by atoms with van der Waals surface area (Å²) in [6.45, 7) is 11.0. The second-order valence-corrected chi connectivity index (χ2v) is 6.34. The van der Waals surface area contributed by atoms with Crippen LogP contribution in [0.3, 0.4) is 0 Å². The van der Waals surface area contributed by atoms with Crippen molar-refractivity contribution in [3.05, 3.63) is 28.2 Å². The predicted molar refractivity (Wildman–Crippen MR) is 109 cm³/mol. The topological polar surface area (TPSA) is 61.8 Å². The average molecular weight is 407 g/mol. The molecule has 2 fully saturated rings. The highest BCUT2D eigenvalue weighted by molar-refractivity contribution is 6.42. The minimum Gasteiger partial charge on any atom is -0.508 e. The fourth-order valence-corrected chi connectivity index (χ4v) is 2.46. The maximum atomic E-state index is 10.7. The summed E-state index contributed by atoms with van der Waals surface area (Å²) >= 11 is 11.1. The van der Waals surface area contributed by atoms with E-state index >= 15 is 0 Å². The Kier molecular flexibility index (Phi) is 15.6. The molecular formula is C19H32Cl2N2O3. The Morgan fingerprint density at radius 3 is 1.96 bits per heavy atom. The number of carbonyl (C=O) groups is 1. The van der Waals surface area contributed by atoms with Gasteiger partial charge in [0.2, 0.25) is 5.91 Å². The fraction of sp³-hybridized carbons (Fsp3) is 0.632. The first-order chi connectivity index (χ1) is 12.5. The van der Waals surface area contributed by atoms with Gasteiger partial charge in [-0.2, -0.15) is 0 Å². The molecule has 150 valence electrons. The number of halogens is 2. The number of phenols is 1. The van der Waals surface area contributed by atoms with E-state index < -0.39 is 0 Å². The first kappa shape index (κ1) is 25.0. The third-order valence-corrected chi connectivity index (χ3v) is 4.31. The van der Waals surface area contributed by atoms with Crippen LogP contribution in [0.4, 0.5) is 0 Å². The van der Waals surface area contributed by atoms with Gasteiger partial charge in [-0.25, -0.2) is 0 Å². The van der Waals surface area contributed by atoms with Crippen molar-refractivity contribution in [1.82, 2.24) is 10.2 Å². The molecule has 2 saturated heterocycles. The summed E-state index contributed by atoms with van der Waals surface area (Å²) < 4.78 is 5.06. The Morgan fingerprint density at radius 1 is 1.08 bits per heavy atom. The van der Waals surface area contributed by atoms with E-state index in [4.69, 9.17) is 33.0 Å². The van der Waals surface area contributed by atoms with Gasteiger partial charge >= 0.3 is 0 Å². The van der Waals surface area contributed by atoms with Gasteiger partial charge in [0.1, 0.15) is 5.75 Å². The van der Waals surface area contributed by atoms with E-state index in [-0.39, 0.29) is 11.7 Å². The summed E-state index contributed by atoms with van der Waals surface area (Å²) in [5.74, 6) is 0.280. The number of amides is 1. The molecule has 2 aliphatic heterocycles. The zero-order chi connectivity index (χ0) is 19.8. The van der Waals surface area contributed by atoms with Gasteiger partial charge in [-0.1, -0.05) is 43.5 Å². The number of ether oxygens (including phenoxy) is 1. The average Bonchev–Trinajstić information content (AvgIpc) is 2.70. The lowest BCUT2D eigenvalue weighted by Gasteiger charge is -2.25. The van der Waals surface area contributed by atoms with Crippen molar-refractivity contribution in [2.24, 2.45) is 0 Å². The van der Waals surface area contributed by atoms with Gasteiger partial charge in [-0.05, 0) is 44.1 Å². The minimum absolute atomic E-state index is 0.129. The SMILES string of the molecule is C1CCNCC1.CC.CC(=O)N1CCOCC1.Oc1ccc(Cl)c(Cl)c1. The molecule has 7 heteroatoms. The molecule has 2 aliphatic rings. The Hall–Kier alpha value is -1.01. The smallest absolute Gasteiger partial charge is 0.219 e. The molecule has 0 radical (unpaired) electrons. The summed E-state index contributed by atoms with van der Waals surface area (Å²) in [7, 11) is 0. The normalized spacial score (nSPS) is 16.0. The van der Waals surface area contributed by atoms with Gasteiger partial charge in [0, 0.05) is 20.0 Å². The number of carbonyl (C=O) groups excluding carboxylic acids is 1. The number of rotatable bonds is 0. The van der Waals surface area contributed by atoms with Crippen molar-refractivity contribution in [2.75, 3.05) is 39.4 Å². The lowest BCUT2D eigenvalue weighted by molar-refractivity contribution is -0.132. The first-order valence-electron chi connectivity index (χ1n) is 9.18. The third-order valence-electron chi connectivity index (χ3n) is 3.57. The summed E-state index contributed by atoms with van der Waals surface area (Å²) in [5, 5.41) is 12.9. The van der Waals surface area contributed by atoms with Crippen molar-refractivity contribution in [3.8, 4) is 5.75 Å². The second kappa shape index (κ2) is 16.2. The number of hydrogen-bond donors (Lipinski definition) is 2. The van der Waals surface area contributed by atoms with Crippen LogP contribution in [0.25, 0.3) is 0 Å². The van der Waals surface area contributed by atoms with Gasteiger partial charge in [-0.15, -0.1) is 0 Å². The van der Waals surface area contributed by atoms with E-state index in [1.165, 1.54) is 44.5 Å². The number of aromatic hydroxyl groups is 1. The molecule has 2 heterocycles. The minimum atomic E-state index is 0.129. The van der Waals surface area contributed by atoms with E-state index in [9.17, 15) is 4.79 Å². The molecule has 0 bridgehead atoms. The molecule has 0 saturated carbocycles. The van der Waals surface area contributed by atoms with Gasteiger partial charge in [0.05, 0.1) is 23.3 Å². The van der Waals surface area contributed by atoms with Crippen LogP contribution in [0.2, 0.25) is 10.0 Å². The monoisotopic (exact) mass is 406 g/mol. The third kappa shape index (κ3) is 12.4. The maximum Gasteiger partial charge on any atom is 0.219 e. The zero-order valence-electron chi connectivity index (χ0n) is 16.1. The summed E-state index contributed by atoms with van der Waals surface area (Å²) in [6, 6.07) is 4.41. The van der Waals surface area contributed by atoms with Crippen molar-refractivity contribution in [2.45, 2.75) is 40.0 Å². The van der Waals surface area contributed by atoms with Crippen molar-refractivity contribution < 1.29 is 14.6 Å². The highest BCUT2D eigenvalue weighted by atomic mass is 35.5. The first-order valence-corrected chi connectivity index (χ1v) is 9.94. The number of piperidine rings is 1. The van der Waals surface area contributed by atoms with Crippen LogP contribution in [-0.4, -0.2) is 55.3 Å². The fourth-order valence-electron chi connectivity index (χ4n) is 2.17. The number of phenolic OH excluding ortho intramolecular Hbond substituents is 1. The number of hydrogen-bond acceptors (Lipinski definition) is 4. The van der Waals surface area contributed by atoms with E-state index in [0.717, 1.165) is 13.1 Å². The number of benzene rings is 1. The Balaban J connectivity index is 0.000000350. The van der Waals surface area contributed by atoms with Crippen LogP contribution < -0.4 is 5.32 Å². The summed E-state index contributed by atoms with van der Waals surface area (Å²) in [4.78, 5) is 12.5. The molecule has 1 aromatic rings. The van der Waals surface area contributed by atoms with E-state index in [0.29, 0.717) is 23.3 Å². The number of nitrogens with one attached hydrogen (secondary N) is 1. The molecule has 26 heavy (non-hydrogen) atoms. The van der Waals surface area contributed by atoms with Gasteiger partial charge in [0.25, 0.3) is 0 Å². The van der Waals surface area contributed by atoms with Crippen LogP contribution in [0.15, 0.2) is 18.2 Å². The molecule has 5 nitrogen and oxygen atoms in total. The van der Waals surface area contributed by atoms with E-state index in [1.54, 1.807) is 17.9 Å². The number of nitrogens with zero attached hydrogens (tertiary/aromatic N) is 1. The molecule has 2 N–H and O–H groups in total. The quantitative estimate of drug-likeness (QED) is 0.671. The van der Waals surface area contributed by atoms with Crippen molar-refractivity contribution in [3.63, 3.8) is 0 Å². The predicted octanol–water partition coefficient (Wildman–Crippen LogP) is 4.35. The molecule has 0 aromatic heterocycles. The van der Waals surface area contributed by atoms with Gasteiger partial charge in [0.15, 0.2) is 0 Å². The van der Waals surface area contributed by atoms with Crippen LogP contribution in [0.5, 0.6) is 5.75 Å². The molecular weight excluding hydrogens is 375 g/mol. The largest absolute Gasteiger partial charge is 0.508 e. The lowest BCUT2D eigenvalue weighted by Crippen LogP contribution is -2.39. The van der Waals surface area contributed by atoms with Crippen LogP contribution in [0, 0.1) is 0 Å². The highest BCUT2D eigenvalue weighted by Gasteiger charge is 2.11. The summed E-state index contributed by atoms with van der Waals surface area (Å²) in [5.41, 5.74) is 0. The van der Waals surface area contributed by atoms with E-state index in [1.807, 2.05) is 13.8 Å². The summed E-state index contributed by atoms with van der Waals surface area (Å²) in [6.07, 6.45) is 4.22. The molecule has 3 rings (SSSR count). The molecule has 1 amide bonds. The highest BCUT2D eigenvalue weighted by Crippen LogP contribution is 2.25. The van der Waals surface area contributed by atoms with Crippen LogP contribution in [-0.2, 0) is 9.53 Å². The molecule has 0 spiro atoms. The molecule has 0 atom stereocenters. The number of morpholine rings is 1. The Labute approximate surface area is 167 Å². The zero-order valence-corrected chi connectivity index (χ0v) is 17.6. The Bertz CT molecular complexity index is 480. The van der Waals surface area contributed by atoms with Crippen molar-refractivity contribution >= 4 is 29.1 Å². The molecule has 0 aliphatic carbocycles. The van der Waals surface area contributed by atoms with E-state index in [2.05, 4.69) is 5.32 Å². The standard InChI is InChI=1S/C6H4Cl2O.C6H11NO2.C5H11N.C2H6/c7-5-2-1-4(9)3-6(5)8;1-6(8)7-2-4-9-5-3-7;1-2-4-6-5-3-1;1-2/h1-3,9H;2-5H2,1H3;6H,1-5H2;1-2H3. The Morgan fingerprint density at radius 2 is 1.65 bits per heavy atom. The van der Waals surface area contributed by atoms with Gasteiger partial charge in [-0.3, -0.25) is 4.79 Å². The second-order valence-electron chi connectivity index (χ2n) is 5.53.